The normalized spacial score (nSPS) is 14.6. The second-order valence-corrected chi connectivity index (χ2v) is 6.14. The minimum atomic E-state index is 0.733. The Morgan fingerprint density at radius 3 is 2.55 bits per heavy atom. The number of nitrogens with one attached hydrogen (secondary N) is 1. The van der Waals surface area contributed by atoms with E-state index >= 15 is 0 Å². The van der Waals surface area contributed by atoms with Gasteiger partial charge in [0.2, 0.25) is 0 Å². The zero-order valence-electron chi connectivity index (χ0n) is 12.0. The Labute approximate surface area is 126 Å². The fraction of sp³-hybridized carbons (Fsp3) is 0.333. The summed E-state index contributed by atoms with van der Waals surface area (Å²) in [5, 5.41) is 4.45. The lowest BCUT2D eigenvalue weighted by Gasteiger charge is -2.14. The van der Waals surface area contributed by atoms with Crippen LogP contribution in [0.5, 0.6) is 0 Å². The van der Waals surface area contributed by atoms with Crippen LogP contribution in [0.2, 0.25) is 5.02 Å². The van der Waals surface area contributed by atoms with Crippen molar-refractivity contribution in [1.29, 1.82) is 0 Å². The van der Waals surface area contributed by atoms with Crippen LogP contribution in [0.15, 0.2) is 36.4 Å². The summed E-state index contributed by atoms with van der Waals surface area (Å²) >= 11 is 6.21. The Morgan fingerprint density at radius 2 is 1.80 bits per heavy atom. The van der Waals surface area contributed by atoms with E-state index in [-0.39, 0.29) is 0 Å². The van der Waals surface area contributed by atoms with Crippen molar-refractivity contribution in [3.63, 3.8) is 0 Å². The van der Waals surface area contributed by atoms with E-state index in [1.54, 1.807) is 0 Å². The molecule has 1 saturated carbocycles. The number of benzene rings is 2. The molecule has 20 heavy (non-hydrogen) atoms. The zero-order chi connectivity index (χ0) is 14.1. The molecule has 2 aromatic rings. The maximum absolute atomic E-state index is 6.21. The summed E-state index contributed by atoms with van der Waals surface area (Å²) < 4.78 is 0. The average Bonchev–Trinajstić information content (AvgIpc) is 3.25. The van der Waals surface area contributed by atoms with Gasteiger partial charge < -0.3 is 5.32 Å². The molecule has 1 aliphatic carbocycles. The second kappa shape index (κ2) is 5.59. The number of halogens is 1. The number of hydrogen-bond acceptors (Lipinski definition) is 1. The summed E-state index contributed by atoms with van der Waals surface area (Å²) in [6, 6.07) is 13.7. The van der Waals surface area contributed by atoms with E-state index in [0.717, 1.165) is 23.2 Å². The Bertz CT molecular complexity index is 629. The van der Waals surface area contributed by atoms with Crippen LogP contribution in [0.1, 0.15) is 29.5 Å². The van der Waals surface area contributed by atoms with Crippen LogP contribution >= 0.6 is 11.6 Å². The van der Waals surface area contributed by atoms with Gasteiger partial charge in [-0.05, 0) is 66.6 Å². The molecule has 1 N–H and O–H groups in total. The van der Waals surface area contributed by atoms with Gasteiger partial charge in [0.05, 0.1) is 0 Å². The highest BCUT2D eigenvalue weighted by atomic mass is 35.5. The van der Waals surface area contributed by atoms with Crippen molar-refractivity contribution >= 4 is 11.6 Å². The monoisotopic (exact) mass is 285 g/mol. The van der Waals surface area contributed by atoms with Crippen molar-refractivity contribution in [3.8, 4) is 11.1 Å². The van der Waals surface area contributed by atoms with Crippen molar-refractivity contribution < 1.29 is 0 Å². The van der Waals surface area contributed by atoms with Crippen molar-refractivity contribution in [2.24, 2.45) is 0 Å². The largest absolute Gasteiger partial charge is 0.310 e. The highest BCUT2D eigenvalue weighted by Crippen LogP contribution is 2.31. The maximum atomic E-state index is 6.21. The summed E-state index contributed by atoms with van der Waals surface area (Å²) in [5.41, 5.74) is 6.35. The van der Waals surface area contributed by atoms with E-state index in [1.807, 2.05) is 0 Å². The Kier molecular flexibility index (Phi) is 3.82. The Hall–Kier alpha value is -1.31. The van der Waals surface area contributed by atoms with E-state index in [4.69, 9.17) is 11.6 Å². The third-order valence-corrected chi connectivity index (χ3v) is 4.38. The molecule has 1 fully saturated rings. The van der Waals surface area contributed by atoms with Gasteiger partial charge in [0.15, 0.2) is 0 Å². The molecule has 0 amide bonds. The van der Waals surface area contributed by atoms with Gasteiger partial charge in [-0.1, -0.05) is 35.9 Å². The van der Waals surface area contributed by atoms with Gasteiger partial charge in [-0.3, -0.25) is 0 Å². The molecule has 0 heterocycles. The van der Waals surface area contributed by atoms with Crippen molar-refractivity contribution in [3.05, 3.63) is 58.1 Å². The number of aryl methyl sites for hydroxylation is 2. The second-order valence-electron chi connectivity index (χ2n) is 5.73. The topological polar surface area (TPSA) is 12.0 Å². The Morgan fingerprint density at radius 1 is 1.05 bits per heavy atom. The standard InChI is InChI=1S/C18H20ClN/c1-12-10-18(19)13(2)9-17(12)16-6-4-3-5-14(16)11-20-15-7-8-15/h3-6,9-10,15,20H,7-8,11H2,1-2H3. The molecule has 0 spiro atoms. The fourth-order valence-corrected chi connectivity index (χ4v) is 2.77. The van der Waals surface area contributed by atoms with Gasteiger partial charge in [0, 0.05) is 17.6 Å². The quantitative estimate of drug-likeness (QED) is 0.844. The molecule has 0 atom stereocenters. The highest BCUT2D eigenvalue weighted by molar-refractivity contribution is 6.31. The van der Waals surface area contributed by atoms with Crippen LogP contribution in [-0.4, -0.2) is 6.04 Å². The van der Waals surface area contributed by atoms with Gasteiger partial charge in [0.1, 0.15) is 0 Å². The number of rotatable bonds is 4. The molecule has 2 heteroatoms. The van der Waals surface area contributed by atoms with Crippen LogP contribution in [0.3, 0.4) is 0 Å². The van der Waals surface area contributed by atoms with Gasteiger partial charge in [-0.25, -0.2) is 0 Å². The highest BCUT2D eigenvalue weighted by Gasteiger charge is 2.20. The van der Waals surface area contributed by atoms with Crippen LogP contribution < -0.4 is 5.32 Å². The molecule has 0 unspecified atom stereocenters. The molecular formula is C18H20ClN. The molecule has 0 saturated heterocycles. The van der Waals surface area contributed by atoms with Crippen molar-refractivity contribution in [2.75, 3.05) is 0 Å². The van der Waals surface area contributed by atoms with E-state index in [2.05, 4.69) is 55.6 Å². The molecule has 3 rings (SSSR count). The first-order valence-electron chi connectivity index (χ1n) is 7.23. The average molecular weight is 286 g/mol. The first kappa shape index (κ1) is 13.7. The first-order valence-corrected chi connectivity index (χ1v) is 7.61. The summed E-state index contributed by atoms with van der Waals surface area (Å²) in [6.45, 7) is 5.14. The molecule has 0 radical (unpaired) electrons. The lowest BCUT2D eigenvalue weighted by atomic mass is 9.94. The van der Waals surface area contributed by atoms with E-state index in [9.17, 15) is 0 Å². The molecule has 2 aromatic carbocycles. The molecule has 1 aliphatic rings. The molecular weight excluding hydrogens is 266 g/mol. The smallest absolute Gasteiger partial charge is 0.0438 e. The van der Waals surface area contributed by atoms with Gasteiger partial charge in [-0.15, -0.1) is 0 Å². The zero-order valence-corrected chi connectivity index (χ0v) is 12.8. The lowest BCUT2D eigenvalue weighted by molar-refractivity contribution is 0.689. The molecule has 0 aromatic heterocycles. The maximum Gasteiger partial charge on any atom is 0.0438 e. The predicted octanol–water partition coefficient (Wildman–Crippen LogP) is 4.88. The summed E-state index contributed by atoms with van der Waals surface area (Å²) in [5.74, 6) is 0. The third-order valence-electron chi connectivity index (χ3n) is 3.97. The van der Waals surface area contributed by atoms with Crippen molar-refractivity contribution in [2.45, 2.75) is 39.3 Å². The number of hydrogen-bond donors (Lipinski definition) is 1. The molecule has 1 nitrogen and oxygen atoms in total. The summed E-state index contributed by atoms with van der Waals surface area (Å²) in [4.78, 5) is 0. The molecule has 0 bridgehead atoms. The fourth-order valence-electron chi connectivity index (χ4n) is 2.55. The van der Waals surface area contributed by atoms with Crippen LogP contribution in [-0.2, 0) is 6.54 Å². The summed E-state index contributed by atoms with van der Waals surface area (Å²) in [7, 11) is 0. The third kappa shape index (κ3) is 2.89. The molecule has 104 valence electrons. The van der Waals surface area contributed by atoms with Crippen LogP contribution in [0, 0.1) is 13.8 Å². The molecule has 0 aliphatic heterocycles. The van der Waals surface area contributed by atoms with Crippen LogP contribution in [0.4, 0.5) is 0 Å². The predicted molar refractivity (Wildman–Crippen MR) is 86.2 cm³/mol. The van der Waals surface area contributed by atoms with Crippen molar-refractivity contribution in [1.82, 2.24) is 5.32 Å². The van der Waals surface area contributed by atoms with Gasteiger partial charge in [0.25, 0.3) is 0 Å². The van der Waals surface area contributed by atoms with Crippen LogP contribution in [0.25, 0.3) is 11.1 Å². The van der Waals surface area contributed by atoms with E-state index in [1.165, 1.54) is 35.1 Å². The van der Waals surface area contributed by atoms with Gasteiger partial charge in [-0.2, -0.15) is 0 Å². The van der Waals surface area contributed by atoms with E-state index in [0.29, 0.717) is 0 Å². The minimum Gasteiger partial charge on any atom is -0.310 e. The SMILES string of the molecule is Cc1cc(-c2ccccc2CNC2CC2)c(C)cc1Cl. The Balaban J connectivity index is 1.98. The lowest BCUT2D eigenvalue weighted by Crippen LogP contribution is -2.15. The first-order chi connectivity index (χ1) is 9.65. The van der Waals surface area contributed by atoms with Gasteiger partial charge >= 0.3 is 0 Å². The summed E-state index contributed by atoms with van der Waals surface area (Å²) in [6.07, 6.45) is 2.64. The minimum absolute atomic E-state index is 0.733. The van der Waals surface area contributed by atoms with E-state index < -0.39 is 0 Å².